The highest BCUT2D eigenvalue weighted by Crippen LogP contribution is 2.02. The third kappa shape index (κ3) is 6.91. The van der Waals surface area contributed by atoms with Gasteiger partial charge >= 0.3 is 12.1 Å². The molecule has 0 bridgehead atoms. The largest absolute Gasteiger partial charge is 0.458 e. The second kappa shape index (κ2) is 9.93. The van der Waals surface area contributed by atoms with Crippen LogP contribution in [-0.4, -0.2) is 24.7 Å². The van der Waals surface area contributed by atoms with Gasteiger partial charge in [0.05, 0.1) is 5.56 Å². The molecule has 0 aromatic heterocycles. The van der Waals surface area contributed by atoms with E-state index >= 15 is 0 Å². The Balaban J connectivity index is 1.65. The summed E-state index contributed by atoms with van der Waals surface area (Å²) < 4.78 is 10.3. The van der Waals surface area contributed by atoms with E-state index in [1.807, 2.05) is 36.4 Å². The zero-order chi connectivity index (χ0) is 17.9. The molecule has 0 spiro atoms. The normalized spacial score (nSPS) is 11.7. The van der Waals surface area contributed by atoms with E-state index in [-0.39, 0.29) is 25.2 Å². The van der Waals surface area contributed by atoms with Crippen LogP contribution in [0.3, 0.4) is 0 Å². The summed E-state index contributed by atoms with van der Waals surface area (Å²) in [6.45, 7) is 2.16. The summed E-state index contributed by atoms with van der Waals surface area (Å²) in [6.07, 6.45) is 2.92. The van der Waals surface area contributed by atoms with Crippen molar-refractivity contribution in [3.63, 3.8) is 0 Å². The Kier molecular flexibility index (Phi) is 7.25. The number of ether oxygens (including phenoxy) is 2. The number of nitrogens with one attached hydrogen (secondary N) is 1. The smallest absolute Gasteiger partial charge is 0.407 e. The summed E-state index contributed by atoms with van der Waals surface area (Å²) >= 11 is 0. The first kappa shape index (κ1) is 18.3. The summed E-state index contributed by atoms with van der Waals surface area (Å²) in [5, 5.41) is 2.68. The lowest BCUT2D eigenvalue weighted by Crippen LogP contribution is -2.31. The summed E-state index contributed by atoms with van der Waals surface area (Å²) in [5.41, 5.74) is 1.43. The van der Waals surface area contributed by atoms with Gasteiger partial charge in [-0.25, -0.2) is 9.59 Å². The molecule has 2 aromatic rings. The maximum Gasteiger partial charge on any atom is 0.407 e. The first-order valence-corrected chi connectivity index (χ1v) is 8.01. The molecule has 25 heavy (non-hydrogen) atoms. The summed E-state index contributed by atoms with van der Waals surface area (Å²) in [6, 6.07) is 18.0. The molecule has 0 heterocycles. The van der Waals surface area contributed by atoms with Crippen LogP contribution in [0.25, 0.3) is 0 Å². The standard InChI is InChI=1S/C20H21NO4/c1-16(21-20(23)25-15-17-10-4-2-5-11-17)9-8-14-24-19(22)18-12-6-3-7-13-18/h2-13,16H,14-15H2,1H3,(H,21,23)/b9-8+. The van der Waals surface area contributed by atoms with E-state index in [0.29, 0.717) is 5.56 Å². The molecule has 1 amide bonds. The lowest BCUT2D eigenvalue weighted by atomic mass is 10.2. The van der Waals surface area contributed by atoms with Crippen molar-refractivity contribution < 1.29 is 19.1 Å². The fourth-order valence-corrected chi connectivity index (χ4v) is 2.04. The first-order chi connectivity index (χ1) is 12.1. The SMILES string of the molecule is CC(/C=C/COC(=O)c1ccccc1)NC(=O)OCc1ccccc1. The molecule has 1 atom stereocenters. The van der Waals surface area contributed by atoms with Crippen LogP contribution in [0.4, 0.5) is 4.79 Å². The number of benzene rings is 2. The number of carbonyl (C=O) groups excluding carboxylic acids is 2. The van der Waals surface area contributed by atoms with Gasteiger partial charge in [0.1, 0.15) is 13.2 Å². The van der Waals surface area contributed by atoms with Gasteiger partial charge in [-0.2, -0.15) is 0 Å². The molecule has 0 fully saturated rings. The minimum absolute atomic E-state index is 0.138. The Morgan fingerprint density at radius 2 is 1.64 bits per heavy atom. The molecular weight excluding hydrogens is 318 g/mol. The van der Waals surface area contributed by atoms with Gasteiger partial charge in [-0.3, -0.25) is 0 Å². The van der Waals surface area contributed by atoms with Crippen LogP contribution in [0.2, 0.25) is 0 Å². The predicted molar refractivity (Wildman–Crippen MR) is 95.1 cm³/mol. The highest BCUT2D eigenvalue weighted by atomic mass is 16.5. The molecule has 0 saturated heterocycles. The molecule has 5 heteroatoms. The van der Waals surface area contributed by atoms with Gasteiger partial charge in [-0.1, -0.05) is 54.6 Å². The lowest BCUT2D eigenvalue weighted by Gasteiger charge is -2.10. The molecule has 0 saturated carbocycles. The van der Waals surface area contributed by atoms with Crippen molar-refractivity contribution in [2.75, 3.05) is 6.61 Å². The summed E-state index contributed by atoms with van der Waals surface area (Å²) in [5.74, 6) is -0.381. The number of rotatable bonds is 7. The van der Waals surface area contributed by atoms with E-state index in [1.165, 1.54) is 0 Å². The molecule has 0 aliphatic carbocycles. The van der Waals surface area contributed by atoms with Crippen molar-refractivity contribution in [2.45, 2.75) is 19.6 Å². The van der Waals surface area contributed by atoms with Gasteiger partial charge in [0, 0.05) is 6.04 Å². The number of carbonyl (C=O) groups is 2. The van der Waals surface area contributed by atoms with E-state index in [2.05, 4.69) is 5.32 Å². The van der Waals surface area contributed by atoms with Gasteiger partial charge in [0.15, 0.2) is 0 Å². The number of esters is 1. The molecule has 0 aliphatic rings. The number of amides is 1. The van der Waals surface area contributed by atoms with E-state index in [0.717, 1.165) is 5.56 Å². The van der Waals surface area contributed by atoms with E-state index < -0.39 is 6.09 Å². The molecule has 0 radical (unpaired) electrons. The predicted octanol–water partition coefficient (Wildman–Crippen LogP) is 3.71. The highest BCUT2D eigenvalue weighted by Gasteiger charge is 2.06. The van der Waals surface area contributed by atoms with Crippen molar-refractivity contribution in [1.29, 1.82) is 0 Å². The Hall–Kier alpha value is -3.08. The lowest BCUT2D eigenvalue weighted by molar-refractivity contribution is 0.0549. The monoisotopic (exact) mass is 339 g/mol. The second-order valence-corrected chi connectivity index (χ2v) is 5.39. The molecular formula is C20H21NO4. The van der Waals surface area contributed by atoms with E-state index in [9.17, 15) is 9.59 Å². The van der Waals surface area contributed by atoms with Gasteiger partial charge in [-0.05, 0) is 30.7 Å². The van der Waals surface area contributed by atoms with Gasteiger partial charge in [0.25, 0.3) is 0 Å². The Labute approximate surface area is 147 Å². The second-order valence-electron chi connectivity index (χ2n) is 5.39. The van der Waals surface area contributed by atoms with Gasteiger partial charge in [-0.15, -0.1) is 0 Å². The van der Waals surface area contributed by atoms with Crippen LogP contribution in [0.1, 0.15) is 22.8 Å². The Morgan fingerprint density at radius 1 is 1.00 bits per heavy atom. The van der Waals surface area contributed by atoms with E-state index in [1.54, 1.807) is 43.3 Å². The fourth-order valence-electron chi connectivity index (χ4n) is 2.04. The van der Waals surface area contributed by atoms with Crippen molar-refractivity contribution in [3.8, 4) is 0 Å². The van der Waals surface area contributed by atoms with Crippen molar-refractivity contribution >= 4 is 12.1 Å². The Bertz CT molecular complexity index is 698. The highest BCUT2D eigenvalue weighted by molar-refractivity contribution is 5.89. The van der Waals surface area contributed by atoms with Crippen LogP contribution in [0, 0.1) is 0 Å². The molecule has 1 unspecified atom stereocenters. The number of alkyl carbamates (subject to hydrolysis) is 1. The topological polar surface area (TPSA) is 64.6 Å². The zero-order valence-corrected chi connectivity index (χ0v) is 14.1. The van der Waals surface area contributed by atoms with Gasteiger partial charge in [0.2, 0.25) is 0 Å². The minimum Gasteiger partial charge on any atom is -0.458 e. The third-order valence-corrected chi connectivity index (χ3v) is 3.30. The average molecular weight is 339 g/mol. The number of hydrogen-bond acceptors (Lipinski definition) is 4. The van der Waals surface area contributed by atoms with Crippen molar-refractivity contribution in [2.24, 2.45) is 0 Å². The van der Waals surface area contributed by atoms with Crippen LogP contribution in [0.15, 0.2) is 72.8 Å². The Morgan fingerprint density at radius 3 is 2.32 bits per heavy atom. The van der Waals surface area contributed by atoms with E-state index in [4.69, 9.17) is 9.47 Å². The first-order valence-electron chi connectivity index (χ1n) is 8.01. The van der Waals surface area contributed by atoms with Crippen LogP contribution in [0.5, 0.6) is 0 Å². The molecule has 2 rings (SSSR count). The number of hydrogen-bond donors (Lipinski definition) is 1. The molecule has 130 valence electrons. The van der Waals surface area contributed by atoms with Crippen LogP contribution < -0.4 is 5.32 Å². The summed E-state index contributed by atoms with van der Waals surface area (Å²) in [4.78, 5) is 23.4. The third-order valence-electron chi connectivity index (χ3n) is 3.30. The quantitative estimate of drug-likeness (QED) is 0.617. The fraction of sp³-hybridized carbons (Fsp3) is 0.200. The van der Waals surface area contributed by atoms with Crippen molar-refractivity contribution in [3.05, 3.63) is 83.9 Å². The van der Waals surface area contributed by atoms with Crippen molar-refractivity contribution in [1.82, 2.24) is 5.32 Å². The average Bonchev–Trinajstić information content (AvgIpc) is 2.65. The van der Waals surface area contributed by atoms with Gasteiger partial charge < -0.3 is 14.8 Å². The molecule has 0 aliphatic heterocycles. The summed E-state index contributed by atoms with van der Waals surface area (Å²) in [7, 11) is 0. The maximum absolute atomic E-state index is 11.7. The zero-order valence-electron chi connectivity index (χ0n) is 14.1. The minimum atomic E-state index is -0.498. The van der Waals surface area contributed by atoms with Crippen LogP contribution in [-0.2, 0) is 16.1 Å². The van der Waals surface area contributed by atoms with Crippen LogP contribution >= 0.6 is 0 Å². The molecule has 5 nitrogen and oxygen atoms in total. The molecule has 2 aromatic carbocycles. The maximum atomic E-state index is 11.7. The molecule has 1 N–H and O–H groups in total.